The van der Waals surface area contributed by atoms with E-state index in [4.69, 9.17) is 9.47 Å². The number of ether oxygens (including phenoxy) is 2. The normalized spacial score (nSPS) is 11.3. The van der Waals surface area contributed by atoms with E-state index in [1.807, 2.05) is 54.6 Å². The number of carbonyl (C=O) groups excluding carboxylic acids is 1. The van der Waals surface area contributed by atoms with Crippen LogP contribution in [0, 0.1) is 11.8 Å². The number of fused-ring (bicyclic) bond motifs is 1. The molecular formula is C27H29NO4. The van der Waals surface area contributed by atoms with Crippen LogP contribution < -0.4 is 14.8 Å². The number of aliphatic hydroxyl groups is 1. The summed E-state index contributed by atoms with van der Waals surface area (Å²) in [7, 11) is 1.59. The van der Waals surface area contributed by atoms with Crippen LogP contribution in [0.4, 0.5) is 0 Å². The van der Waals surface area contributed by atoms with Gasteiger partial charge in [0.05, 0.1) is 7.11 Å². The minimum absolute atomic E-state index is 0.317. The molecule has 1 amide bonds. The van der Waals surface area contributed by atoms with Crippen molar-refractivity contribution in [1.29, 1.82) is 0 Å². The Bertz CT molecular complexity index is 1110. The van der Waals surface area contributed by atoms with Crippen molar-refractivity contribution in [3.8, 4) is 23.3 Å². The fourth-order valence-corrected chi connectivity index (χ4v) is 3.42. The summed E-state index contributed by atoms with van der Waals surface area (Å²) < 4.78 is 11.1. The van der Waals surface area contributed by atoms with Gasteiger partial charge < -0.3 is 19.9 Å². The maximum atomic E-state index is 12.5. The number of methoxy groups -OCH3 is 1. The van der Waals surface area contributed by atoms with Crippen LogP contribution in [0.15, 0.2) is 60.7 Å². The average molecular weight is 432 g/mol. The molecule has 1 unspecified atom stereocenters. The van der Waals surface area contributed by atoms with E-state index < -0.39 is 12.0 Å². The molecule has 3 aromatic carbocycles. The molecule has 5 heteroatoms. The fraction of sp³-hybridized carbons (Fsp3) is 0.296. The summed E-state index contributed by atoms with van der Waals surface area (Å²) in [5.74, 6) is 6.88. The monoisotopic (exact) mass is 431 g/mol. The molecule has 3 aromatic rings. The lowest BCUT2D eigenvalue weighted by molar-refractivity contribution is -0.129. The lowest BCUT2D eigenvalue weighted by atomic mass is 10.00. The van der Waals surface area contributed by atoms with Crippen LogP contribution in [0.2, 0.25) is 0 Å². The van der Waals surface area contributed by atoms with Crippen LogP contribution in [0.25, 0.3) is 10.8 Å². The van der Waals surface area contributed by atoms with E-state index in [-0.39, 0.29) is 0 Å². The van der Waals surface area contributed by atoms with Gasteiger partial charge >= 0.3 is 0 Å². The molecule has 0 aliphatic rings. The summed E-state index contributed by atoms with van der Waals surface area (Å²) in [4.78, 5) is 12.5. The molecule has 0 heterocycles. The molecule has 0 radical (unpaired) electrons. The highest BCUT2D eigenvalue weighted by atomic mass is 16.5. The first-order valence-corrected chi connectivity index (χ1v) is 10.8. The van der Waals surface area contributed by atoms with Crippen LogP contribution in [-0.2, 0) is 11.2 Å². The van der Waals surface area contributed by atoms with Gasteiger partial charge in [0.1, 0.15) is 6.61 Å². The second-order valence-corrected chi connectivity index (χ2v) is 7.39. The van der Waals surface area contributed by atoms with Gasteiger partial charge in [-0.2, -0.15) is 0 Å². The van der Waals surface area contributed by atoms with Gasteiger partial charge in [-0.1, -0.05) is 67.3 Å². The third kappa shape index (κ3) is 6.03. The summed E-state index contributed by atoms with van der Waals surface area (Å²) in [6.07, 6.45) is 1.27. The Hall–Kier alpha value is -3.49. The first-order valence-electron chi connectivity index (χ1n) is 10.8. The van der Waals surface area contributed by atoms with Gasteiger partial charge in [-0.25, -0.2) is 0 Å². The van der Waals surface area contributed by atoms with Crippen molar-refractivity contribution in [2.24, 2.45) is 0 Å². The molecule has 0 fully saturated rings. The second-order valence-electron chi connectivity index (χ2n) is 7.39. The first-order chi connectivity index (χ1) is 15.6. The van der Waals surface area contributed by atoms with E-state index in [1.165, 1.54) is 0 Å². The van der Waals surface area contributed by atoms with E-state index in [9.17, 15) is 9.90 Å². The molecule has 3 rings (SSSR count). The summed E-state index contributed by atoms with van der Waals surface area (Å²) in [5, 5.41) is 15.3. The van der Waals surface area contributed by atoms with Crippen molar-refractivity contribution < 1.29 is 19.4 Å². The Morgan fingerprint density at radius 3 is 2.69 bits per heavy atom. The number of aliphatic hydroxyl groups excluding tert-OH is 1. The highest BCUT2D eigenvalue weighted by Gasteiger charge is 2.19. The molecule has 0 saturated carbocycles. The van der Waals surface area contributed by atoms with Crippen molar-refractivity contribution in [1.82, 2.24) is 5.32 Å². The number of carbonyl (C=O) groups is 1. The third-order valence-electron chi connectivity index (χ3n) is 5.11. The van der Waals surface area contributed by atoms with E-state index in [0.29, 0.717) is 36.6 Å². The van der Waals surface area contributed by atoms with Crippen molar-refractivity contribution in [3.63, 3.8) is 0 Å². The second kappa shape index (κ2) is 11.8. The lowest BCUT2D eigenvalue weighted by Gasteiger charge is -2.14. The lowest BCUT2D eigenvalue weighted by Crippen LogP contribution is -2.31. The predicted octanol–water partition coefficient (Wildman–Crippen LogP) is 4.42. The molecule has 0 aliphatic carbocycles. The largest absolute Gasteiger partial charge is 0.493 e. The highest BCUT2D eigenvalue weighted by molar-refractivity contribution is 5.92. The average Bonchev–Trinajstić information content (AvgIpc) is 2.83. The molecule has 5 nitrogen and oxygen atoms in total. The molecular weight excluding hydrogens is 402 g/mol. The summed E-state index contributed by atoms with van der Waals surface area (Å²) in [6.45, 7) is 2.80. The Kier molecular flexibility index (Phi) is 8.53. The first kappa shape index (κ1) is 23.2. The summed E-state index contributed by atoms with van der Waals surface area (Å²) in [6, 6.07) is 19.0. The minimum Gasteiger partial charge on any atom is -0.493 e. The highest BCUT2D eigenvalue weighted by Crippen LogP contribution is 2.28. The molecule has 0 saturated heterocycles. The Morgan fingerprint density at radius 2 is 1.88 bits per heavy atom. The molecule has 32 heavy (non-hydrogen) atoms. The van der Waals surface area contributed by atoms with Crippen molar-refractivity contribution in [2.45, 2.75) is 32.3 Å². The van der Waals surface area contributed by atoms with Gasteiger partial charge in [-0.05, 0) is 46.9 Å². The molecule has 0 bridgehead atoms. The van der Waals surface area contributed by atoms with E-state index in [0.717, 1.165) is 29.2 Å². The van der Waals surface area contributed by atoms with E-state index in [1.54, 1.807) is 13.2 Å². The predicted molar refractivity (Wildman–Crippen MR) is 127 cm³/mol. The molecule has 1 atom stereocenters. The topological polar surface area (TPSA) is 67.8 Å². The zero-order valence-electron chi connectivity index (χ0n) is 18.6. The third-order valence-corrected chi connectivity index (χ3v) is 5.11. The standard InChI is InChI=1S/C27H29NO4/c1-3-4-5-8-18-32-24-15-14-20(19-25(24)31-2)16-17-28-27(30)26(29)23-13-9-11-21-10-6-7-12-22(21)23/h6-7,9-15,19,26,29H,3-4,16-18H2,1-2H3,(H,28,30). The molecule has 0 spiro atoms. The molecule has 166 valence electrons. The number of rotatable bonds is 9. The number of hydrogen-bond donors (Lipinski definition) is 2. The van der Waals surface area contributed by atoms with Gasteiger partial charge in [-0.3, -0.25) is 4.79 Å². The van der Waals surface area contributed by atoms with Gasteiger partial charge in [0.15, 0.2) is 17.6 Å². The summed E-state index contributed by atoms with van der Waals surface area (Å²) in [5.41, 5.74) is 1.59. The van der Waals surface area contributed by atoms with Gasteiger partial charge in [0.2, 0.25) is 0 Å². The van der Waals surface area contributed by atoms with Gasteiger partial charge in [0, 0.05) is 13.0 Å². The minimum atomic E-state index is -1.22. The smallest absolute Gasteiger partial charge is 0.253 e. The zero-order valence-corrected chi connectivity index (χ0v) is 18.6. The van der Waals surface area contributed by atoms with Crippen molar-refractivity contribution in [2.75, 3.05) is 20.3 Å². The Morgan fingerprint density at radius 1 is 1.06 bits per heavy atom. The maximum Gasteiger partial charge on any atom is 0.253 e. The van der Waals surface area contributed by atoms with E-state index in [2.05, 4.69) is 24.1 Å². The number of nitrogens with one attached hydrogen (secondary N) is 1. The van der Waals surface area contributed by atoms with Crippen molar-refractivity contribution >= 4 is 16.7 Å². The maximum absolute atomic E-state index is 12.5. The number of amides is 1. The fourth-order valence-electron chi connectivity index (χ4n) is 3.42. The molecule has 2 N–H and O–H groups in total. The number of benzene rings is 3. The quantitative estimate of drug-likeness (QED) is 0.492. The number of unbranched alkanes of at least 4 members (excludes halogenated alkanes) is 1. The van der Waals surface area contributed by atoms with Gasteiger partial charge in [0.25, 0.3) is 5.91 Å². The molecule has 0 aliphatic heterocycles. The summed E-state index contributed by atoms with van der Waals surface area (Å²) >= 11 is 0. The molecule has 0 aromatic heterocycles. The van der Waals surface area contributed by atoms with Gasteiger partial charge in [-0.15, -0.1) is 0 Å². The Balaban J connectivity index is 1.56. The van der Waals surface area contributed by atoms with Crippen LogP contribution >= 0.6 is 0 Å². The SMILES string of the molecule is CCCC#CCOc1ccc(CCNC(=O)C(O)c2cccc3ccccc23)cc1OC. The van der Waals surface area contributed by atoms with Crippen LogP contribution in [0.1, 0.15) is 37.0 Å². The zero-order chi connectivity index (χ0) is 22.8. The van der Waals surface area contributed by atoms with Crippen LogP contribution in [0.3, 0.4) is 0 Å². The van der Waals surface area contributed by atoms with Crippen LogP contribution in [-0.4, -0.2) is 31.3 Å². The van der Waals surface area contributed by atoms with E-state index >= 15 is 0 Å². The number of hydrogen-bond acceptors (Lipinski definition) is 4. The van der Waals surface area contributed by atoms with Crippen LogP contribution in [0.5, 0.6) is 11.5 Å². The Labute approximate surface area is 189 Å². The van der Waals surface area contributed by atoms with Crippen molar-refractivity contribution in [3.05, 3.63) is 71.8 Å².